The number of hydrogen-bond donors (Lipinski definition) is 2. The number of carbonyl (C=O) groups excluding carboxylic acids is 2. The highest BCUT2D eigenvalue weighted by molar-refractivity contribution is 6.26. The van der Waals surface area contributed by atoms with Crippen LogP contribution in [0.5, 0.6) is 0 Å². The number of nitrogens with one attached hydrogen (secondary N) is 1. The number of amides is 2. The Morgan fingerprint density at radius 2 is 1.86 bits per heavy atom. The maximum Gasteiger partial charge on any atom is 0.261 e. The van der Waals surface area contributed by atoms with Gasteiger partial charge >= 0.3 is 0 Å². The minimum Gasteiger partial charge on any atom is -0.383 e. The molecule has 2 aromatic rings. The van der Waals surface area contributed by atoms with Gasteiger partial charge in [0.2, 0.25) is 0 Å². The molecule has 2 aromatic carbocycles. The number of nitrogens with zero attached hydrogens (tertiary/aromatic N) is 1. The summed E-state index contributed by atoms with van der Waals surface area (Å²) in [7, 11) is 0. The maximum absolute atomic E-state index is 12.5. The SMILES string of the molecule is C=CCN1C(=O)c2cccc3c(NCCN)ccc(c23)C1=O. The Hall–Kier alpha value is -2.66. The van der Waals surface area contributed by atoms with E-state index in [9.17, 15) is 9.59 Å². The summed E-state index contributed by atoms with van der Waals surface area (Å²) in [5.74, 6) is -0.557. The van der Waals surface area contributed by atoms with E-state index in [-0.39, 0.29) is 18.4 Å². The number of carbonyl (C=O) groups is 2. The Labute approximate surface area is 128 Å². The summed E-state index contributed by atoms with van der Waals surface area (Å²) in [6, 6.07) is 9.11. The largest absolute Gasteiger partial charge is 0.383 e. The highest BCUT2D eigenvalue weighted by Gasteiger charge is 2.32. The topological polar surface area (TPSA) is 75.4 Å². The van der Waals surface area contributed by atoms with Gasteiger partial charge in [-0.1, -0.05) is 18.2 Å². The summed E-state index contributed by atoms with van der Waals surface area (Å²) >= 11 is 0. The lowest BCUT2D eigenvalue weighted by atomic mass is 9.93. The van der Waals surface area contributed by atoms with E-state index in [1.807, 2.05) is 18.2 Å². The first kappa shape index (κ1) is 14.3. The average Bonchev–Trinajstić information content (AvgIpc) is 2.54. The van der Waals surface area contributed by atoms with E-state index in [0.29, 0.717) is 29.6 Å². The van der Waals surface area contributed by atoms with Gasteiger partial charge in [0.25, 0.3) is 11.8 Å². The molecule has 3 rings (SSSR count). The van der Waals surface area contributed by atoms with Crippen LogP contribution in [0.2, 0.25) is 0 Å². The summed E-state index contributed by atoms with van der Waals surface area (Å²) < 4.78 is 0. The minimum absolute atomic E-state index is 0.209. The normalized spacial score (nSPS) is 13.6. The van der Waals surface area contributed by atoms with Gasteiger partial charge in [0, 0.05) is 47.2 Å². The van der Waals surface area contributed by atoms with E-state index in [2.05, 4.69) is 11.9 Å². The predicted octanol–water partition coefficient (Wildman–Crippen LogP) is 1.99. The molecule has 0 atom stereocenters. The average molecular weight is 295 g/mol. The van der Waals surface area contributed by atoms with Gasteiger partial charge in [0.05, 0.1) is 0 Å². The van der Waals surface area contributed by atoms with Crippen LogP contribution in [0.25, 0.3) is 10.8 Å². The Balaban J connectivity index is 2.22. The van der Waals surface area contributed by atoms with Crippen molar-refractivity contribution < 1.29 is 9.59 Å². The fourth-order valence-corrected chi connectivity index (χ4v) is 2.80. The molecule has 1 aliphatic heterocycles. The summed E-state index contributed by atoms with van der Waals surface area (Å²) in [5, 5.41) is 4.80. The van der Waals surface area contributed by atoms with Gasteiger partial charge in [-0.3, -0.25) is 14.5 Å². The number of benzene rings is 2. The molecule has 0 aliphatic carbocycles. The summed E-state index contributed by atoms with van der Waals surface area (Å²) in [4.78, 5) is 26.3. The molecule has 112 valence electrons. The second kappa shape index (κ2) is 5.61. The lowest BCUT2D eigenvalue weighted by Crippen LogP contribution is -2.40. The van der Waals surface area contributed by atoms with Crippen molar-refractivity contribution in [3.05, 3.63) is 54.1 Å². The van der Waals surface area contributed by atoms with Crippen LogP contribution in [0.4, 0.5) is 5.69 Å². The van der Waals surface area contributed by atoms with Gasteiger partial charge in [-0.15, -0.1) is 6.58 Å². The molecule has 5 heteroatoms. The maximum atomic E-state index is 12.5. The Morgan fingerprint density at radius 1 is 1.14 bits per heavy atom. The Morgan fingerprint density at radius 3 is 2.55 bits per heavy atom. The fourth-order valence-electron chi connectivity index (χ4n) is 2.80. The van der Waals surface area contributed by atoms with Crippen molar-refractivity contribution >= 4 is 28.3 Å². The molecular weight excluding hydrogens is 278 g/mol. The molecule has 0 saturated heterocycles. The lowest BCUT2D eigenvalue weighted by Gasteiger charge is -2.27. The smallest absolute Gasteiger partial charge is 0.261 e. The highest BCUT2D eigenvalue weighted by atomic mass is 16.2. The van der Waals surface area contributed by atoms with E-state index in [4.69, 9.17) is 5.73 Å². The van der Waals surface area contributed by atoms with Crippen molar-refractivity contribution in [3.8, 4) is 0 Å². The van der Waals surface area contributed by atoms with Gasteiger partial charge in [-0.2, -0.15) is 0 Å². The number of imide groups is 1. The monoisotopic (exact) mass is 295 g/mol. The van der Waals surface area contributed by atoms with Gasteiger partial charge in [0.1, 0.15) is 0 Å². The third-order valence-corrected chi connectivity index (χ3v) is 3.76. The first-order chi connectivity index (χ1) is 10.7. The van der Waals surface area contributed by atoms with Gasteiger partial charge in [-0.25, -0.2) is 0 Å². The molecule has 0 unspecified atom stereocenters. The van der Waals surface area contributed by atoms with Crippen molar-refractivity contribution in [2.75, 3.05) is 25.0 Å². The molecule has 3 N–H and O–H groups in total. The molecular formula is C17H17N3O2. The quantitative estimate of drug-likeness (QED) is 0.653. The van der Waals surface area contributed by atoms with Crippen molar-refractivity contribution in [1.82, 2.24) is 4.90 Å². The van der Waals surface area contributed by atoms with Gasteiger partial charge in [0.15, 0.2) is 0 Å². The Kier molecular flexibility index (Phi) is 3.65. The molecule has 1 aliphatic rings. The zero-order valence-electron chi connectivity index (χ0n) is 12.1. The molecule has 0 spiro atoms. The van der Waals surface area contributed by atoms with Crippen LogP contribution in [0.1, 0.15) is 20.7 Å². The molecule has 0 radical (unpaired) electrons. The highest BCUT2D eigenvalue weighted by Crippen LogP contribution is 2.34. The summed E-state index contributed by atoms with van der Waals surface area (Å²) in [6.45, 7) is 4.95. The van der Waals surface area contributed by atoms with Crippen LogP contribution >= 0.6 is 0 Å². The van der Waals surface area contributed by atoms with E-state index < -0.39 is 0 Å². The fraction of sp³-hybridized carbons (Fsp3) is 0.176. The minimum atomic E-state index is -0.279. The molecule has 0 aromatic heterocycles. The summed E-state index contributed by atoms with van der Waals surface area (Å²) in [6.07, 6.45) is 1.55. The van der Waals surface area contributed by atoms with Crippen LogP contribution in [0.15, 0.2) is 43.0 Å². The van der Waals surface area contributed by atoms with Crippen molar-refractivity contribution in [3.63, 3.8) is 0 Å². The number of rotatable bonds is 5. The third-order valence-electron chi connectivity index (χ3n) is 3.76. The van der Waals surface area contributed by atoms with Crippen LogP contribution in [-0.2, 0) is 0 Å². The molecule has 0 bridgehead atoms. The molecule has 2 amide bonds. The van der Waals surface area contributed by atoms with E-state index in [1.165, 1.54) is 4.90 Å². The molecule has 22 heavy (non-hydrogen) atoms. The lowest BCUT2D eigenvalue weighted by molar-refractivity contribution is 0.0629. The standard InChI is InChI=1S/C17H17N3O2/c1-2-10-20-16(21)12-5-3-4-11-14(19-9-8-18)7-6-13(15(11)12)17(20)22/h2-7,19H,1,8-10,18H2. The van der Waals surface area contributed by atoms with Crippen LogP contribution in [0, 0.1) is 0 Å². The zero-order chi connectivity index (χ0) is 15.7. The van der Waals surface area contributed by atoms with E-state index in [0.717, 1.165) is 11.1 Å². The Bertz CT molecular complexity index is 761. The van der Waals surface area contributed by atoms with Crippen molar-refractivity contribution in [1.29, 1.82) is 0 Å². The second-order valence-corrected chi connectivity index (χ2v) is 5.11. The second-order valence-electron chi connectivity index (χ2n) is 5.11. The van der Waals surface area contributed by atoms with Crippen LogP contribution < -0.4 is 11.1 Å². The zero-order valence-corrected chi connectivity index (χ0v) is 12.1. The van der Waals surface area contributed by atoms with E-state index >= 15 is 0 Å². The molecule has 0 saturated carbocycles. The van der Waals surface area contributed by atoms with Gasteiger partial charge in [-0.05, 0) is 18.2 Å². The first-order valence-corrected chi connectivity index (χ1v) is 7.15. The molecule has 5 nitrogen and oxygen atoms in total. The number of anilines is 1. The predicted molar refractivity (Wildman–Crippen MR) is 87.1 cm³/mol. The van der Waals surface area contributed by atoms with Crippen LogP contribution in [-0.4, -0.2) is 36.3 Å². The van der Waals surface area contributed by atoms with Crippen molar-refractivity contribution in [2.24, 2.45) is 5.73 Å². The first-order valence-electron chi connectivity index (χ1n) is 7.15. The number of nitrogens with two attached hydrogens (primary N) is 1. The van der Waals surface area contributed by atoms with Gasteiger partial charge < -0.3 is 11.1 Å². The van der Waals surface area contributed by atoms with Crippen molar-refractivity contribution in [2.45, 2.75) is 0 Å². The molecule has 0 fully saturated rings. The summed E-state index contributed by atoms with van der Waals surface area (Å²) in [5.41, 5.74) is 7.50. The van der Waals surface area contributed by atoms with E-state index in [1.54, 1.807) is 18.2 Å². The number of hydrogen-bond acceptors (Lipinski definition) is 4. The van der Waals surface area contributed by atoms with Crippen LogP contribution in [0.3, 0.4) is 0 Å². The molecule has 1 heterocycles. The third kappa shape index (κ3) is 2.07.